The van der Waals surface area contributed by atoms with E-state index in [9.17, 15) is 4.79 Å². The number of amides is 1. The van der Waals surface area contributed by atoms with Crippen molar-refractivity contribution in [2.75, 3.05) is 20.2 Å². The molecule has 0 aliphatic carbocycles. The van der Waals surface area contributed by atoms with Crippen LogP contribution < -0.4 is 15.4 Å². The van der Waals surface area contributed by atoms with Crippen LogP contribution in [0.4, 0.5) is 0 Å². The minimum absolute atomic E-state index is 0.204. The Hall–Kier alpha value is -2.93. The van der Waals surface area contributed by atoms with Gasteiger partial charge in [0, 0.05) is 6.54 Å². The smallest absolute Gasteiger partial charge is 0.273 e. The molecule has 1 saturated heterocycles. The van der Waals surface area contributed by atoms with E-state index in [0.29, 0.717) is 18.3 Å². The summed E-state index contributed by atoms with van der Waals surface area (Å²) in [6, 6.07) is 12.4. The van der Waals surface area contributed by atoms with E-state index in [1.54, 1.807) is 13.3 Å². The number of nitrogens with one attached hydrogen (secondary N) is 2. The molecule has 1 aromatic heterocycles. The summed E-state index contributed by atoms with van der Waals surface area (Å²) in [5, 5.41) is 16.6. The number of benzene rings is 2. The summed E-state index contributed by atoms with van der Waals surface area (Å²) in [7, 11) is 1.66. The summed E-state index contributed by atoms with van der Waals surface area (Å²) in [4.78, 5) is 12.4. The predicted molar refractivity (Wildman–Crippen MR) is 103 cm³/mol. The van der Waals surface area contributed by atoms with Gasteiger partial charge in [-0.1, -0.05) is 23.4 Å². The van der Waals surface area contributed by atoms with Crippen molar-refractivity contribution in [3.63, 3.8) is 0 Å². The number of fused-ring (bicyclic) bond motifs is 1. The first kappa shape index (κ1) is 17.5. The zero-order valence-electron chi connectivity index (χ0n) is 15.3. The third-order valence-corrected chi connectivity index (χ3v) is 4.99. The summed E-state index contributed by atoms with van der Waals surface area (Å²) in [5.41, 5.74) is 1.39. The van der Waals surface area contributed by atoms with Crippen LogP contribution >= 0.6 is 0 Å². The van der Waals surface area contributed by atoms with Crippen LogP contribution in [-0.2, 0) is 6.54 Å². The molecule has 0 unspecified atom stereocenters. The molecule has 4 rings (SSSR count). The van der Waals surface area contributed by atoms with Crippen molar-refractivity contribution in [2.24, 2.45) is 0 Å². The van der Waals surface area contributed by atoms with Crippen LogP contribution in [0.15, 0.2) is 42.6 Å². The third-order valence-electron chi connectivity index (χ3n) is 4.99. The molecule has 2 heterocycles. The van der Waals surface area contributed by atoms with Crippen molar-refractivity contribution in [3.05, 3.63) is 53.9 Å². The first-order valence-corrected chi connectivity index (χ1v) is 9.20. The Kier molecular flexibility index (Phi) is 5.02. The maximum Gasteiger partial charge on any atom is 0.273 e. The topological polar surface area (TPSA) is 81.1 Å². The Morgan fingerprint density at radius 1 is 1.22 bits per heavy atom. The molecule has 0 saturated carbocycles. The molecule has 1 aliphatic rings. The van der Waals surface area contributed by atoms with Gasteiger partial charge in [-0.2, -0.15) is 0 Å². The second-order valence-electron chi connectivity index (χ2n) is 6.80. The lowest BCUT2D eigenvalue weighted by Crippen LogP contribution is -2.29. The zero-order valence-corrected chi connectivity index (χ0v) is 15.3. The number of methoxy groups -OCH3 is 1. The minimum atomic E-state index is -0.204. The molecule has 0 bridgehead atoms. The quantitative estimate of drug-likeness (QED) is 0.725. The number of hydrogen-bond donors (Lipinski definition) is 2. The van der Waals surface area contributed by atoms with Gasteiger partial charge in [0.2, 0.25) is 0 Å². The lowest BCUT2D eigenvalue weighted by molar-refractivity contribution is 0.0946. The molecule has 2 aromatic carbocycles. The molecule has 1 aliphatic heterocycles. The number of nitrogens with zero attached hydrogens (tertiary/aromatic N) is 3. The molecule has 7 heteroatoms. The van der Waals surface area contributed by atoms with Gasteiger partial charge < -0.3 is 15.4 Å². The summed E-state index contributed by atoms with van der Waals surface area (Å²) in [5.74, 6) is 0.630. The fourth-order valence-corrected chi connectivity index (χ4v) is 3.41. The molecule has 27 heavy (non-hydrogen) atoms. The van der Waals surface area contributed by atoms with Crippen LogP contribution in [0.2, 0.25) is 0 Å². The Labute approximate surface area is 157 Å². The number of piperidine rings is 1. The molecule has 0 spiro atoms. The molecule has 1 fully saturated rings. The van der Waals surface area contributed by atoms with Gasteiger partial charge >= 0.3 is 0 Å². The van der Waals surface area contributed by atoms with E-state index in [2.05, 4.69) is 27.0 Å². The molecule has 2 N–H and O–H groups in total. The Bertz CT molecular complexity index is 946. The van der Waals surface area contributed by atoms with Crippen LogP contribution in [0.1, 0.15) is 34.9 Å². The SMILES string of the molecule is COc1ccc2cc(CNC(=O)c3cn(C4CCNCC4)nn3)ccc2c1. The van der Waals surface area contributed by atoms with Gasteiger partial charge in [-0.05, 0) is 60.5 Å². The van der Waals surface area contributed by atoms with Crippen molar-refractivity contribution in [1.82, 2.24) is 25.6 Å². The molecule has 1 amide bonds. The first-order valence-electron chi connectivity index (χ1n) is 9.20. The fourth-order valence-electron chi connectivity index (χ4n) is 3.41. The van der Waals surface area contributed by atoms with Crippen LogP contribution in [0, 0.1) is 0 Å². The van der Waals surface area contributed by atoms with E-state index in [0.717, 1.165) is 48.0 Å². The average Bonchev–Trinajstić information content (AvgIpc) is 3.22. The maximum atomic E-state index is 12.4. The summed E-state index contributed by atoms with van der Waals surface area (Å²) < 4.78 is 7.07. The van der Waals surface area contributed by atoms with Crippen molar-refractivity contribution in [2.45, 2.75) is 25.4 Å². The van der Waals surface area contributed by atoms with E-state index >= 15 is 0 Å². The van der Waals surface area contributed by atoms with E-state index in [4.69, 9.17) is 4.74 Å². The highest BCUT2D eigenvalue weighted by atomic mass is 16.5. The minimum Gasteiger partial charge on any atom is -0.497 e. The standard InChI is InChI=1S/C20H23N5O2/c1-27-18-5-4-15-10-14(2-3-16(15)11-18)12-22-20(26)19-13-25(24-23-19)17-6-8-21-9-7-17/h2-5,10-11,13,17,21H,6-9,12H2,1H3,(H,22,26). The average molecular weight is 365 g/mol. The normalized spacial score (nSPS) is 15.0. The van der Waals surface area contributed by atoms with Crippen molar-refractivity contribution < 1.29 is 9.53 Å². The van der Waals surface area contributed by atoms with Crippen LogP contribution in [0.3, 0.4) is 0 Å². The zero-order chi connectivity index (χ0) is 18.6. The number of rotatable bonds is 5. The van der Waals surface area contributed by atoms with Crippen LogP contribution in [-0.4, -0.2) is 41.1 Å². The molecule has 0 radical (unpaired) electrons. The number of aromatic nitrogens is 3. The van der Waals surface area contributed by atoms with Gasteiger partial charge in [-0.15, -0.1) is 5.10 Å². The Balaban J connectivity index is 1.40. The van der Waals surface area contributed by atoms with Gasteiger partial charge in [0.05, 0.1) is 19.3 Å². The lowest BCUT2D eigenvalue weighted by atomic mass is 10.1. The van der Waals surface area contributed by atoms with Crippen LogP contribution in [0.5, 0.6) is 5.75 Å². The molecular weight excluding hydrogens is 342 g/mol. The third kappa shape index (κ3) is 3.93. The monoisotopic (exact) mass is 365 g/mol. The van der Waals surface area contributed by atoms with Gasteiger partial charge in [0.1, 0.15) is 5.75 Å². The molecule has 0 atom stereocenters. The second-order valence-corrected chi connectivity index (χ2v) is 6.80. The predicted octanol–water partition coefficient (Wildman–Crippen LogP) is 2.29. The van der Waals surface area contributed by atoms with Crippen LogP contribution in [0.25, 0.3) is 10.8 Å². The maximum absolute atomic E-state index is 12.4. The highest BCUT2D eigenvalue weighted by Gasteiger charge is 2.18. The van der Waals surface area contributed by atoms with E-state index in [1.807, 2.05) is 35.0 Å². The largest absolute Gasteiger partial charge is 0.497 e. The number of hydrogen-bond acceptors (Lipinski definition) is 5. The van der Waals surface area contributed by atoms with Crippen molar-refractivity contribution in [3.8, 4) is 5.75 Å². The van der Waals surface area contributed by atoms with Gasteiger partial charge in [0.25, 0.3) is 5.91 Å². The van der Waals surface area contributed by atoms with E-state index in [1.165, 1.54) is 0 Å². The Morgan fingerprint density at radius 2 is 2.00 bits per heavy atom. The molecular formula is C20H23N5O2. The first-order chi connectivity index (χ1) is 13.2. The molecule has 7 nitrogen and oxygen atoms in total. The summed E-state index contributed by atoms with van der Waals surface area (Å²) in [6.45, 7) is 2.39. The van der Waals surface area contributed by atoms with E-state index in [-0.39, 0.29) is 5.91 Å². The summed E-state index contributed by atoms with van der Waals surface area (Å²) >= 11 is 0. The summed E-state index contributed by atoms with van der Waals surface area (Å²) in [6.07, 6.45) is 3.76. The Morgan fingerprint density at radius 3 is 2.81 bits per heavy atom. The highest BCUT2D eigenvalue weighted by molar-refractivity contribution is 5.92. The number of ether oxygens (including phenoxy) is 1. The van der Waals surface area contributed by atoms with Gasteiger partial charge in [0.15, 0.2) is 5.69 Å². The van der Waals surface area contributed by atoms with Crippen molar-refractivity contribution >= 4 is 16.7 Å². The van der Waals surface area contributed by atoms with E-state index < -0.39 is 0 Å². The van der Waals surface area contributed by atoms with Gasteiger partial charge in [-0.3, -0.25) is 4.79 Å². The number of carbonyl (C=O) groups excluding carboxylic acids is 1. The fraction of sp³-hybridized carbons (Fsp3) is 0.350. The number of carbonyl (C=O) groups is 1. The second kappa shape index (κ2) is 7.75. The van der Waals surface area contributed by atoms with Gasteiger partial charge in [-0.25, -0.2) is 4.68 Å². The molecule has 140 valence electrons. The molecule has 3 aromatic rings. The highest BCUT2D eigenvalue weighted by Crippen LogP contribution is 2.22. The van der Waals surface area contributed by atoms with Crippen molar-refractivity contribution in [1.29, 1.82) is 0 Å². The lowest BCUT2D eigenvalue weighted by Gasteiger charge is -2.22.